The highest BCUT2D eigenvalue weighted by molar-refractivity contribution is 7.89. The Morgan fingerprint density at radius 1 is 0.846 bits per heavy atom. The van der Waals surface area contributed by atoms with Gasteiger partial charge in [-0.15, -0.1) is 0 Å². The maximum Gasteiger partial charge on any atom is 0.255 e. The highest BCUT2D eigenvalue weighted by Crippen LogP contribution is 2.21. The second kappa shape index (κ2) is 11.7. The first kappa shape index (κ1) is 28.5. The van der Waals surface area contributed by atoms with Gasteiger partial charge in [-0.1, -0.05) is 42.0 Å². The largest absolute Gasteiger partial charge is 0.347 e. The highest BCUT2D eigenvalue weighted by atomic mass is 32.2. The highest BCUT2D eigenvalue weighted by Gasteiger charge is 2.28. The number of carbonyl (C=O) groups is 2. The number of nitrogens with zero attached hydrogens (tertiary/aromatic N) is 2. The van der Waals surface area contributed by atoms with Gasteiger partial charge in [0.15, 0.2) is 0 Å². The van der Waals surface area contributed by atoms with Crippen molar-refractivity contribution in [3.05, 3.63) is 95.1 Å². The van der Waals surface area contributed by atoms with E-state index < -0.39 is 15.6 Å². The number of anilines is 1. The molecule has 3 aromatic carbocycles. The minimum Gasteiger partial charge on any atom is -0.347 e. The van der Waals surface area contributed by atoms with E-state index in [-0.39, 0.29) is 11.8 Å². The van der Waals surface area contributed by atoms with E-state index in [1.807, 2.05) is 58.0 Å². The number of hydrogen-bond acceptors (Lipinski definition) is 5. The number of piperazine rings is 1. The quantitative estimate of drug-likeness (QED) is 0.459. The molecular formula is C30H36N4O4S. The molecule has 0 unspecified atom stereocenters. The molecule has 4 rings (SSSR count). The molecule has 1 aliphatic heterocycles. The van der Waals surface area contributed by atoms with Crippen LogP contribution in [0.15, 0.2) is 77.7 Å². The number of benzene rings is 3. The number of hydrogen-bond donors (Lipinski definition) is 2. The average molecular weight is 549 g/mol. The average Bonchev–Trinajstić information content (AvgIpc) is 2.89. The fourth-order valence-corrected chi connectivity index (χ4v) is 5.87. The van der Waals surface area contributed by atoms with E-state index in [1.54, 1.807) is 42.5 Å². The number of sulfonamides is 1. The Hall–Kier alpha value is -3.53. The topological polar surface area (TPSA) is 98.8 Å². The molecule has 206 valence electrons. The van der Waals surface area contributed by atoms with Gasteiger partial charge in [0.2, 0.25) is 10.0 Å². The molecule has 1 aliphatic rings. The van der Waals surface area contributed by atoms with Crippen LogP contribution in [0.2, 0.25) is 0 Å². The fourth-order valence-electron chi connectivity index (χ4n) is 4.45. The monoisotopic (exact) mass is 548 g/mol. The van der Waals surface area contributed by atoms with Crippen LogP contribution in [0.4, 0.5) is 5.69 Å². The van der Waals surface area contributed by atoms with E-state index >= 15 is 0 Å². The molecule has 1 heterocycles. The number of rotatable bonds is 7. The Kier molecular flexibility index (Phi) is 8.54. The van der Waals surface area contributed by atoms with Crippen LogP contribution in [0.25, 0.3) is 0 Å². The smallest absolute Gasteiger partial charge is 0.255 e. The van der Waals surface area contributed by atoms with Gasteiger partial charge in [0.25, 0.3) is 11.8 Å². The van der Waals surface area contributed by atoms with Gasteiger partial charge in [-0.25, -0.2) is 8.42 Å². The summed E-state index contributed by atoms with van der Waals surface area (Å²) in [6.07, 6.45) is 0. The van der Waals surface area contributed by atoms with Crippen LogP contribution in [0.1, 0.15) is 52.6 Å². The number of nitrogens with one attached hydrogen (secondary N) is 2. The maximum atomic E-state index is 13.1. The van der Waals surface area contributed by atoms with Crippen LogP contribution in [0.5, 0.6) is 0 Å². The molecule has 2 amide bonds. The van der Waals surface area contributed by atoms with Crippen molar-refractivity contribution in [3.63, 3.8) is 0 Å². The van der Waals surface area contributed by atoms with Crippen LogP contribution < -0.4 is 10.6 Å². The lowest BCUT2D eigenvalue weighted by atomic mass is 10.1. The van der Waals surface area contributed by atoms with Gasteiger partial charge in [-0.2, -0.15) is 4.31 Å². The van der Waals surface area contributed by atoms with Gasteiger partial charge < -0.3 is 10.6 Å². The molecule has 0 radical (unpaired) electrons. The molecular weight excluding hydrogens is 512 g/mol. The summed E-state index contributed by atoms with van der Waals surface area (Å²) in [5.74, 6) is -0.558. The van der Waals surface area contributed by atoms with Crippen molar-refractivity contribution in [2.75, 3.05) is 31.5 Å². The van der Waals surface area contributed by atoms with Crippen LogP contribution >= 0.6 is 0 Å². The Morgan fingerprint density at radius 3 is 2.18 bits per heavy atom. The van der Waals surface area contributed by atoms with Crippen molar-refractivity contribution in [1.29, 1.82) is 0 Å². The summed E-state index contributed by atoms with van der Waals surface area (Å²) in [4.78, 5) is 28.3. The first-order valence-electron chi connectivity index (χ1n) is 13.0. The van der Waals surface area contributed by atoms with E-state index in [9.17, 15) is 18.0 Å². The summed E-state index contributed by atoms with van der Waals surface area (Å²) in [6, 6.07) is 21.2. The van der Waals surface area contributed by atoms with E-state index in [0.29, 0.717) is 54.4 Å². The van der Waals surface area contributed by atoms with Crippen molar-refractivity contribution in [2.24, 2.45) is 0 Å². The first-order valence-corrected chi connectivity index (χ1v) is 14.5. The molecule has 2 N–H and O–H groups in total. The van der Waals surface area contributed by atoms with E-state index in [0.717, 1.165) is 11.1 Å². The van der Waals surface area contributed by atoms with Gasteiger partial charge in [-0.3, -0.25) is 14.5 Å². The molecule has 9 heteroatoms. The van der Waals surface area contributed by atoms with Gasteiger partial charge >= 0.3 is 0 Å². The normalized spacial score (nSPS) is 15.1. The number of para-hydroxylation sites is 1. The Balaban J connectivity index is 1.38. The lowest BCUT2D eigenvalue weighted by Gasteiger charge is -2.34. The molecule has 0 aromatic heterocycles. The maximum absolute atomic E-state index is 13.1. The molecule has 8 nitrogen and oxygen atoms in total. The van der Waals surface area contributed by atoms with Gasteiger partial charge in [-0.05, 0) is 69.7 Å². The van der Waals surface area contributed by atoms with Crippen molar-refractivity contribution in [3.8, 4) is 0 Å². The first-order chi connectivity index (χ1) is 18.4. The summed E-state index contributed by atoms with van der Waals surface area (Å²) in [6.45, 7) is 10.2. The molecule has 3 aromatic rings. The summed E-state index contributed by atoms with van der Waals surface area (Å²) < 4.78 is 27.5. The van der Waals surface area contributed by atoms with Crippen molar-refractivity contribution in [1.82, 2.24) is 14.5 Å². The van der Waals surface area contributed by atoms with E-state index in [4.69, 9.17) is 0 Å². The molecule has 1 saturated heterocycles. The zero-order valence-electron chi connectivity index (χ0n) is 22.9. The minimum absolute atomic E-state index is 0.254. The Morgan fingerprint density at radius 2 is 1.51 bits per heavy atom. The molecule has 0 saturated carbocycles. The third kappa shape index (κ3) is 7.32. The summed E-state index contributed by atoms with van der Waals surface area (Å²) in [7, 11) is -3.52. The number of aryl methyl sites for hydroxylation is 1. The van der Waals surface area contributed by atoms with Crippen molar-refractivity contribution in [2.45, 2.75) is 44.7 Å². The number of carbonyl (C=O) groups excluding carboxylic acids is 2. The zero-order valence-corrected chi connectivity index (χ0v) is 23.7. The molecule has 0 spiro atoms. The third-order valence-electron chi connectivity index (χ3n) is 6.49. The summed E-state index contributed by atoms with van der Waals surface area (Å²) >= 11 is 0. The SMILES string of the molecule is Cc1ccc(S(=O)(=O)N2CCN(Cc3cccc(C(=O)Nc4ccccc4C(=O)NC(C)(C)C)c3)CC2)cc1. The fraction of sp³-hybridized carbons (Fsp3) is 0.333. The minimum atomic E-state index is -3.52. The van der Waals surface area contributed by atoms with Crippen LogP contribution in [0, 0.1) is 6.92 Å². The van der Waals surface area contributed by atoms with Crippen LogP contribution in [-0.2, 0) is 16.6 Å². The van der Waals surface area contributed by atoms with Gasteiger partial charge in [0.05, 0.1) is 16.1 Å². The van der Waals surface area contributed by atoms with Crippen LogP contribution in [-0.4, -0.2) is 61.2 Å². The molecule has 0 atom stereocenters. The second-order valence-corrected chi connectivity index (χ2v) is 12.8. The Labute approximate surface area is 231 Å². The molecule has 0 bridgehead atoms. The lowest BCUT2D eigenvalue weighted by molar-refractivity contribution is 0.0920. The molecule has 39 heavy (non-hydrogen) atoms. The van der Waals surface area contributed by atoms with Gasteiger partial charge in [0.1, 0.15) is 0 Å². The van der Waals surface area contributed by atoms with Gasteiger partial charge in [0, 0.05) is 43.8 Å². The predicted octanol–water partition coefficient (Wildman–Crippen LogP) is 4.28. The second-order valence-electron chi connectivity index (χ2n) is 10.9. The summed E-state index contributed by atoms with van der Waals surface area (Å²) in [5.41, 5.74) is 2.90. The number of amides is 2. The molecule has 0 aliphatic carbocycles. The van der Waals surface area contributed by atoms with Crippen molar-refractivity contribution >= 4 is 27.5 Å². The lowest BCUT2D eigenvalue weighted by Crippen LogP contribution is -2.48. The predicted molar refractivity (Wildman–Crippen MR) is 153 cm³/mol. The zero-order chi connectivity index (χ0) is 28.2. The third-order valence-corrected chi connectivity index (χ3v) is 8.41. The standard InChI is InChI=1S/C30H36N4O4S/c1-22-12-14-25(15-13-22)39(37,38)34-18-16-33(17-19-34)21-23-8-7-9-24(20-23)28(35)31-27-11-6-5-10-26(27)29(36)32-30(2,3)4/h5-15,20H,16-19,21H2,1-4H3,(H,31,35)(H,32,36). The van der Waals surface area contributed by atoms with E-state index in [2.05, 4.69) is 15.5 Å². The van der Waals surface area contributed by atoms with Crippen LogP contribution in [0.3, 0.4) is 0 Å². The Bertz CT molecular complexity index is 1440. The summed E-state index contributed by atoms with van der Waals surface area (Å²) in [5, 5.41) is 5.81. The van der Waals surface area contributed by atoms with E-state index in [1.165, 1.54) is 4.31 Å². The molecule has 1 fully saturated rings. The van der Waals surface area contributed by atoms with Crippen molar-refractivity contribution < 1.29 is 18.0 Å².